The van der Waals surface area contributed by atoms with Crippen LogP contribution in [0.25, 0.3) is 0 Å². The van der Waals surface area contributed by atoms with Crippen LogP contribution in [0.15, 0.2) is 18.2 Å². The molecule has 1 amide bonds. The first kappa shape index (κ1) is 12.4. The van der Waals surface area contributed by atoms with Crippen molar-refractivity contribution in [2.24, 2.45) is 0 Å². The van der Waals surface area contributed by atoms with Gasteiger partial charge in [-0.3, -0.25) is 4.79 Å². The highest BCUT2D eigenvalue weighted by atomic mass is 19.4. The highest BCUT2D eigenvalue weighted by Crippen LogP contribution is 2.23. The van der Waals surface area contributed by atoms with Crippen molar-refractivity contribution in [3.63, 3.8) is 0 Å². The average molecular weight is 233 g/mol. The summed E-state index contributed by atoms with van der Waals surface area (Å²) in [5.41, 5.74) is 0.725. The smallest absolute Gasteiger partial charge is 0.471 e. The summed E-state index contributed by atoms with van der Waals surface area (Å²) in [6, 6.07) is 4.24. The van der Waals surface area contributed by atoms with Crippen LogP contribution in [0.3, 0.4) is 0 Å². The Balaban J connectivity index is 2.84. The van der Waals surface area contributed by atoms with Crippen molar-refractivity contribution < 1.29 is 22.7 Å². The van der Waals surface area contributed by atoms with E-state index in [1.807, 2.05) is 0 Å². The first-order valence-corrected chi connectivity index (χ1v) is 4.37. The van der Waals surface area contributed by atoms with E-state index in [9.17, 15) is 18.0 Å². The average Bonchev–Trinajstić information content (AvgIpc) is 2.16. The molecule has 0 aromatic heterocycles. The quantitative estimate of drug-likeness (QED) is 0.852. The van der Waals surface area contributed by atoms with E-state index in [0.29, 0.717) is 11.3 Å². The number of carbonyl (C=O) groups is 1. The van der Waals surface area contributed by atoms with Gasteiger partial charge >= 0.3 is 12.1 Å². The van der Waals surface area contributed by atoms with Crippen molar-refractivity contribution in [2.45, 2.75) is 13.1 Å². The molecule has 6 heteroatoms. The summed E-state index contributed by atoms with van der Waals surface area (Å²) in [5.74, 6) is -1.44. The Bertz CT molecular complexity index is 402. The van der Waals surface area contributed by atoms with E-state index in [4.69, 9.17) is 4.74 Å². The monoisotopic (exact) mass is 233 g/mol. The fourth-order valence-corrected chi connectivity index (χ4v) is 1.16. The number of aryl methyl sites for hydroxylation is 1. The van der Waals surface area contributed by atoms with Crippen LogP contribution in [0.4, 0.5) is 18.9 Å². The number of benzene rings is 1. The summed E-state index contributed by atoms with van der Waals surface area (Å²) in [4.78, 5) is 10.6. The van der Waals surface area contributed by atoms with Gasteiger partial charge in [0.2, 0.25) is 0 Å². The fraction of sp³-hybridized carbons (Fsp3) is 0.300. The van der Waals surface area contributed by atoms with Gasteiger partial charge in [0.05, 0.1) is 7.11 Å². The number of anilines is 1. The third kappa shape index (κ3) is 2.88. The number of halogens is 3. The van der Waals surface area contributed by atoms with Crippen molar-refractivity contribution in [1.82, 2.24) is 0 Å². The number of alkyl halides is 3. The van der Waals surface area contributed by atoms with Gasteiger partial charge in [0, 0.05) is 5.69 Å². The van der Waals surface area contributed by atoms with E-state index in [-0.39, 0.29) is 5.69 Å². The molecule has 1 rings (SSSR count). The van der Waals surface area contributed by atoms with Crippen molar-refractivity contribution in [3.05, 3.63) is 23.8 Å². The zero-order chi connectivity index (χ0) is 12.3. The van der Waals surface area contributed by atoms with Gasteiger partial charge in [-0.2, -0.15) is 13.2 Å². The number of carbonyl (C=O) groups excluding carboxylic acids is 1. The molecule has 0 aliphatic heterocycles. The lowest BCUT2D eigenvalue weighted by molar-refractivity contribution is -0.167. The first-order valence-electron chi connectivity index (χ1n) is 4.37. The van der Waals surface area contributed by atoms with E-state index < -0.39 is 12.1 Å². The summed E-state index contributed by atoms with van der Waals surface area (Å²) in [7, 11) is 1.45. The van der Waals surface area contributed by atoms with Crippen LogP contribution in [0.5, 0.6) is 5.75 Å². The molecule has 0 fully saturated rings. The van der Waals surface area contributed by atoms with E-state index in [1.165, 1.54) is 25.3 Å². The molecule has 16 heavy (non-hydrogen) atoms. The van der Waals surface area contributed by atoms with Crippen LogP contribution >= 0.6 is 0 Å². The summed E-state index contributed by atoms with van der Waals surface area (Å²) in [5, 5.41) is 1.75. The first-order chi connectivity index (χ1) is 7.34. The topological polar surface area (TPSA) is 38.3 Å². The van der Waals surface area contributed by atoms with Gasteiger partial charge in [0.1, 0.15) is 5.75 Å². The van der Waals surface area contributed by atoms with E-state index >= 15 is 0 Å². The molecule has 1 N–H and O–H groups in total. The lowest BCUT2D eigenvalue weighted by atomic mass is 10.2. The Morgan fingerprint density at radius 3 is 2.44 bits per heavy atom. The number of rotatable bonds is 2. The number of hydrogen-bond acceptors (Lipinski definition) is 2. The van der Waals surface area contributed by atoms with Crippen LogP contribution in [0.2, 0.25) is 0 Å². The van der Waals surface area contributed by atoms with Gasteiger partial charge in [-0.1, -0.05) is 0 Å². The maximum atomic E-state index is 11.9. The van der Waals surface area contributed by atoms with Crippen LogP contribution < -0.4 is 10.1 Å². The van der Waals surface area contributed by atoms with Crippen molar-refractivity contribution in [2.75, 3.05) is 12.4 Å². The molecule has 0 unspecified atom stereocenters. The number of nitrogens with one attached hydrogen (secondary N) is 1. The number of ether oxygens (including phenoxy) is 1. The van der Waals surface area contributed by atoms with Crippen molar-refractivity contribution >= 4 is 11.6 Å². The number of amides is 1. The predicted molar refractivity (Wildman–Crippen MR) is 52.4 cm³/mol. The second-order valence-electron chi connectivity index (χ2n) is 3.14. The lowest BCUT2D eigenvalue weighted by Crippen LogP contribution is -2.29. The van der Waals surface area contributed by atoms with Gasteiger partial charge < -0.3 is 10.1 Å². The van der Waals surface area contributed by atoms with Crippen molar-refractivity contribution in [3.8, 4) is 5.75 Å². The zero-order valence-electron chi connectivity index (χ0n) is 8.68. The summed E-state index contributed by atoms with van der Waals surface area (Å²) in [6.45, 7) is 1.67. The molecule has 1 aromatic carbocycles. The Morgan fingerprint density at radius 1 is 1.38 bits per heavy atom. The summed E-state index contributed by atoms with van der Waals surface area (Å²) >= 11 is 0. The molecule has 0 saturated carbocycles. The fourth-order valence-electron chi connectivity index (χ4n) is 1.16. The molecule has 0 radical (unpaired) electrons. The number of hydrogen-bond donors (Lipinski definition) is 1. The minimum Gasteiger partial charge on any atom is -0.496 e. The molecule has 88 valence electrons. The third-order valence-electron chi connectivity index (χ3n) is 1.91. The maximum absolute atomic E-state index is 11.9. The largest absolute Gasteiger partial charge is 0.496 e. The van der Waals surface area contributed by atoms with Gasteiger partial charge in [-0.25, -0.2) is 0 Å². The Morgan fingerprint density at radius 2 is 2.00 bits per heavy atom. The molecule has 0 aliphatic carbocycles. The van der Waals surface area contributed by atoms with Crippen LogP contribution in [0.1, 0.15) is 5.56 Å². The van der Waals surface area contributed by atoms with Crippen LogP contribution in [-0.2, 0) is 4.79 Å². The van der Waals surface area contributed by atoms with Crippen molar-refractivity contribution in [1.29, 1.82) is 0 Å². The third-order valence-corrected chi connectivity index (χ3v) is 1.91. The van der Waals surface area contributed by atoms with E-state index in [0.717, 1.165) is 0 Å². The second-order valence-corrected chi connectivity index (χ2v) is 3.14. The van der Waals surface area contributed by atoms with E-state index in [2.05, 4.69) is 0 Å². The Kier molecular flexibility index (Phi) is 3.41. The van der Waals surface area contributed by atoms with Gasteiger partial charge in [-0.05, 0) is 30.7 Å². The van der Waals surface area contributed by atoms with Gasteiger partial charge in [0.25, 0.3) is 0 Å². The molecule has 0 atom stereocenters. The zero-order valence-corrected chi connectivity index (χ0v) is 8.68. The number of methoxy groups -OCH3 is 1. The Labute approximate surface area is 90.2 Å². The normalized spacial score (nSPS) is 11.1. The SMILES string of the molecule is COc1ccc(NC(=O)C(F)(F)F)cc1C. The molecule has 0 bridgehead atoms. The van der Waals surface area contributed by atoms with Gasteiger partial charge in [0.15, 0.2) is 0 Å². The van der Waals surface area contributed by atoms with Crippen LogP contribution in [0, 0.1) is 6.92 Å². The predicted octanol–water partition coefficient (Wildman–Crippen LogP) is 2.50. The molecule has 0 saturated heterocycles. The molecule has 0 heterocycles. The van der Waals surface area contributed by atoms with Gasteiger partial charge in [-0.15, -0.1) is 0 Å². The highest BCUT2D eigenvalue weighted by molar-refractivity contribution is 5.95. The lowest BCUT2D eigenvalue weighted by Gasteiger charge is -2.10. The highest BCUT2D eigenvalue weighted by Gasteiger charge is 2.38. The van der Waals surface area contributed by atoms with E-state index in [1.54, 1.807) is 12.2 Å². The minimum absolute atomic E-state index is 0.0839. The molecule has 0 aliphatic rings. The molecule has 1 aromatic rings. The molecule has 3 nitrogen and oxygen atoms in total. The second kappa shape index (κ2) is 4.42. The summed E-state index contributed by atoms with van der Waals surface area (Å²) < 4.78 is 40.8. The maximum Gasteiger partial charge on any atom is 0.471 e. The standard InChI is InChI=1S/C10H10F3NO2/c1-6-5-7(3-4-8(6)16-2)14-9(15)10(11,12)13/h3-5H,1-2H3,(H,14,15). The minimum atomic E-state index is -4.88. The summed E-state index contributed by atoms with van der Waals surface area (Å²) in [6.07, 6.45) is -4.88. The molecular weight excluding hydrogens is 223 g/mol. The molecular formula is C10H10F3NO2. The van der Waals surface area contributed by atoms with Crippen LogP contribution in [-0.4, -0.2) is 19.2 Å². The molecule has 0 spiro atoms. The Hall–Kier alpha value is -1.72.